The number of pyridine rings is 1. The Morgan fingerprint density at radius 2 is 2.20 bits per heavy atom. The predicted octanol–water partition coefficient (Wildman–Crippen LogP) is 2.26. The van der Waals surface area contributed by atoms with E-state index < -0.39 is 0 Å². The molecule has 80 valence electrons. The molecule has 0 fully saturated rings. The zero-order chi connectivity index (χ0) is 11.0. The zero-order valence-corrected chi connectivity index (χ0v) is 9.36. The summed E-state index contributed by atoms with van der Waals surface area (Å²) in [5.74, 6) is 1.37. The summed E-state index contributed by atoms with van der Waals surface area (Å²) in [7, 11) is 0. The van der Waals surface area contributed by atoms with Gasteiger partial charge in [-0.05, 0) is 18.6 Å². The minimum atomic E-state index is 0.00106. The fourth-order valence-corrected chi connectivity index (χ4v) is 1.94. The third kappa shape index (κ3) is 1.53. The van der Waals surface area contributed by atoms with Crippen LogP contribution in [0.5, 0.6) is 0 Å². The van der Waals surface area contributed by atoms with Crippen molar-refractivity contribution in [3.63, 3.8) is 0 Å². The number of imidazole rings is 1. The molecule has 2 aromatic rings. The summed E-state index contributed by atoms with van der Waals surface area (Å²) in [6.45, 7) is 6.26. The maximum atomic E-state index is 9.28. The van der Waals surface area contributed by atoms with E-state index in [-0.39, 0.29) is 6.61 Å². The SMILES string of the molecule is Cc1cccn2c(C(C)C)nc(CO)c12. The Hall–Kier alpha value is -1.35. The molecule has 2 heterocycles. The van der Waals surface area contributed by atoms with E-state index in [9.17, 15) is 5.11 Å². The maximum absolute atomic E-state index is 9.28. The number of rotatable bonds is 2. The largest absolute Gasteiger partial charge is 0.390 e. The molecule has 0 saturated carbocycles. The normalized spacial score (nSPS) is 11.5. The first-order valence-corrected chi connectivity index (χ1v) is 5.22. The molecular formula is C12H16N2O. The van der Waals surface area contributed by atoms with Gasteiger partial charge < -0.3 is 9.51 Å². The van der Waals surface area contributed by atoms with Crippen molar-refractivity contribution in [2.75, 3.05) is 0 Å². The van der Waals surface area contributed by atoms with Gasteiger partial charge in [-0.2, -0.15) is 0 Å². The van der Waals surface area contributed by atoms with Gasteiger partial charge in [0.1, 0.15) is 5.82 Å². The standard InChI is InChI=1S/C12H16N2O/c1-8(2)12-13-10(7-15)11-9(3)5-4-6-14(11)12/h4-6,8,15H,7H2,1-3H3. The van der Waals surface area contributed by atoms with Gasteiger partial charge in [-0.1, -0.05) is 19.9 Å². The Kier molecular flexibility index (Phi) is 2.49. The van der Waals surface area contributed by atoms with E-state index >= 15 is 0 Å². The van der Waals surface area contributed by atoms with Crippen LogP contribution in [0.15, 0.2) is 18.3 Å². The van der Waals surface area contributed by atoms with Crippen molar-refractivity contribution in [1.29, 1.82) is 0 Å². The third-order valence-corrected chi connectivity index (χ3v) is 2.63. The van der Waals surface area contributed by atoms with Crippen LogP contribution in [0.2, 0.25) is 0 Å². The summed E-state index contributed by atoms with van der Waals surface area (Å²) >= 11 is 0. The van der Waals surface area contributed by atoms with Crippen molar-refractivity contribution in [2.24, 2.45) is 0 Å². The van der Waals surface area contributed by atoms with Crippen LogP contribution in [0.25, 0.3) is 5.52 Å². The van der Waals surface area contributed by atoms with Crippen LogP contribution in [-0.4, -0.2) is 14.5 Å². The molecular weight excluding hydrogens is 188 g/mol. The van der Waals surface area contributed by atoms with Crippen LogP contribution in [0.3, 0.4) is 0 Å². The molecule has 0 unspecified atom stereocenters. The second-order valence-electron chi connectivity index (χ2n) is 4.14. The zero-order valence-electron chi connectivity index (χ0n) is 9.36. The molecule has 2 aromatic heterocycles. The highest BCUT2D eigenvalue weighted by Gasteiger charge is 2.13. The van der Waals surface area contributed by atoms with Crippen molar-refractivity contribution in [2.45, 2.75) is 33.3 Å². The quantitative estimate of drug-likeness (QED) is 0.814. The first-order chi connectivity index (χ1) is 7.15. The molecule has 0 bridgehead atoms. The van der Waals surface area contributed by atoms with Gasteiger partial charge in [-0.3, -0.25) is 0 Å². The first-order valence-electron chi connectivity index (χ1n) is 5.22. The number of nitrogens with zero attached hydrogens (tertiary/aromatic N) is 2. The van der Waals surface area contributed by atoms with E-state index in [4.69, 9.17) is 0 Å². The minimum absolute atomic E-state index is 0.00106. The Morgan fingerprint density at radius 1 is 1.47 bits per heavy atom. The summed E-state index contributed by atoms with van der Waals surface area (Å²) in [6.07, 6.45) is 2.00. The van der Waals surface area contributed by atoms with Crippen LogP contribution < -0.4 is 0 Å². The monoisotopic (exact) mass is 204 g/mol. The Morgan fingerprint density at radius 3 is 2.80 bits per heavy atom. The molecule has 0 amide bonds. The van der Waals surface area contributed by atoms with Crippen molar-refractivity contribution in [1.82, 2.24) is 9.38 Å². The highest BCUT2D eigenvalue weighted by Crippen LogP contribution is 2.21. The van der Waals surface area contributed by atoms with Gasteiger partial charge in [0, 0.05) is 12.1 Å². The third-order valence-electron chi connectivity index (χ3n) is 2.63. The number of hydrogen-bond donors (Lipinski definition) is 1. The van der Waals surface area contributed by atoms with Gasteiger partial charge in [0.25, 0.3) is 0 Å². The summed E-state index contributed by atoms with van der Waals surface area (Å²) in [6, 6.07) is 4.05. The minimum Gasteiger partial charge on any atom is -0.390 e. The van der Waals surface area contributed by atoms with Crippen LogP contribution in [0.1, 0.15) is 36.8 Å². The highest BCUT2D eigenvalue weighted by atomic mass is 16.3. The Labute approximate surface area is 89.4 Å². The molecule has 0 aliphatic rings. The van der Waals surface area contributed by atoms with E-state index in [1.54, 1.807) is 0 Å². The van der Waals surface area contributed by atoms with Crippen molar-refractivity contribution >= 4 is 5.52 Å². The molecule has 3 heteroatoms. The van der Waals surface area contributed by atoms with E-state index in [0.29, 0.717) is 5.92 Å². The smallest absolute Gasteiger partial charge is 0.116 e. The molecule has 0 aromatic carbocycles. The predicted molar refractivity (Wildman–Crippen MR) is 59.9 cm³/mol. The summed E-state index contributed by atoms with van der Waals surface area (Å²) in [5, 5.41) is 9.28. The highest BCUT2D eigenvalue weighted by molar-refractivity contribution is 5.59. The number of aliphatic hydroxyl groups excluding tert-OH is 1. The fourth-order valence-electron chi connectivity index (χ4n) is 1.94. The average molecular weight is 204 g/mol. The van der Waals surface area contributed by atoms with Gasteiger partial charge in [-0.15, -0.1) is 0 Å². The Balaban J connectivity index is 2.81. The molecule has 0 spiro atoms. The van der Waals surface area contributed by atoms with Crippen molar-refractivity contribution in [3.05, 3.63) is 35.4 Å². The second kappa shape index (κ2) is 3.66. The topological polar surface area (TPSA) is 37.5 Å². The molecule has 2 rings (SSSR count). The number of aryl methyl sites for hydroxylation is 1. The van der Waals surface area contributed by atoms with Crippen molar-refractivity contribution < 1.29 is 5.11 Å². The molecule has 0 saturated heterocycles. The van der Waals surface area contributed by atoms with Crippen LogP contribution in [0, 0.1) is 6.92 Å². The molecule has 0 aliphatic carbocycles. The molecule has 15 heavy (non-hydrogen) atoms. The lowest BCUT2D eigenvalue weighted by molar-refractivity contribution is 0.278. The van der Waals surface area contributed by atoms with E-state index in [1.807, 2.05) is 25.3 Å². The van der Waals surface area contributed by atoms with E-state index in [1.165, 1.54) is 0 Å². The summed E-state index contributed by atoms with van der Waals surface area (Å²) in [4.78, 5) is 4.48. The number of fused-ring (bicyclic) bond motifs is 1. The fraction of sp³-hybridized carbons (Fsp3) is 0.417. The van der Waals surface area contributed by atoms with Gasteiger partial charge in [0.05, 0.1) is 17.8 Å². The number of aliphatic hydroxyl groups is 1. The molecule has 1 N–H and O–H groups in total. The number of hydrogen-bond acceptors (Lipinski definition) is 2. The Bertz CT molecular complexity index is 486. The lowest BCUT2D eigenvalue weighted by Gasteiger charge is -2.04. The van der Waals surface area contributed by atoms with Gasteiger partial charge >= 0.3 is 0 Å². The molecule has 0 atom stereocenters. The van der Waals surface area contributed by atoms with E-state index in [0.717, 1.165) is 22.6 Å². The summed E-state index contributed by atoms with van der Waals surface area (Å²) in [5.41, 5.74) is 2.97. The lowest BCUT2D eigenvalue weighted by atomic mass is 10.2. The van der Waals surface area contributed by atoms with Crippen LogP contribution in [0.4, 0.5) is 0 Å². The maximum Gasteiger partial charge on any atom is 0.116 e. The van der Waals surface area contributed by atoms with Crippen molar-refractivity contribution in [3.8, 4) is 0 Å². The second-order valence-corrected chi connectivity index (χ2v) is 4.14. The summed E-state index contributed by atoms with van der Waals surface area (Å²) < 4.78 is 2.07. The van der Waals surface area contributed by atoms with Gasteiger partial charge in [0.15, 0.2) is 0 Å². The van der Waals surface area contributed by atoms with E-state index in [2.05, 4.69) is 23.2 Å². The van der Waals surface area contributed by atoms with Crippen LogP contribution in [-0.2, 0) is 6.61 Å². The van der Waals surface area contributed by atoms with Crippen LogP contribution >= 0.6 is 0 Å². The number of aromatic nitrogens is 2. The first kappa shape index (κ1) is 10.2. The lowest BCUT2D eigenvalue weighted by Crippen LogP contribution is -1.96. The van der Waals surface area contributed by atoms with Gasteiger partial charge in [-0.25, -0.2) is 4.98 Å². The van der Waals surface area contributed by atoms with Gasteiger partial charge in [0.2, 0.25) is 0 Å². The average Bonchev–Trinajstić information content (AvgIpc) is 2.58. The molecule has 0 aliphatic heterocycles. The molecule has 3 nitrogen and oxygen atoms in total. The molecule has 0 radical (unpaired) electrons.